The zero-order valence-electron chi connectivity index (χ0n) is 15.1. The van der Waals surface area contributed by atoms with E-state index in [4.69, 9.17) is 0 Å². The molecule has 0 saturated carbocycles. The van der Waals surface area contributed by atoms with Crippen LogP contribution in [0.5, 0.6) is 0 Å². The molecule has 3 N–H and O–H groups in total. The van der Waals surface area contributed by atoms with E-state index in [1.54, 1.807) is 6.08 Å². The van der Waals surface area contributed by atoms with Crippen LogP contribution in [-0.4, -0.2) is 27.4 Å². The van der Waals surface area contributed by atoms with Crippen LogP contribution in [0, 0.1) is 0 Å². The highest BCUT2D eigenvalue weighted by Gasteiger charge is 2.23. The van der Waals surface area contributed by atoms with Crippen molar-refractivity contribution in [3.8, 4) is 0 Å². The Hall–Kier alpha value is -3.89. The maximum atomic E-state index is 12.6. The van der Waals surface area contributed by atoms with E-state index in [1.807, 2.05) is 55.4 Å². The summed E-state index contributed by atoms with van der Waals surface area (Å²) in [4.78, 5) is 35.1. The van der Waals surface area contributed by atoms with E-state index in [9.17, 15) is 9.59 Å². The van der Waals surface area contributed by atoms with Gasteiger partial charge in [-0.25, -0.2) is 4.79 Å². The Kier molecular flexibility index (Phi) is 3.54. The fraction of sp³-hybridized carbons (Fsp3) is 0.0909. The number of carbonyl (C=O) groups excluding carboxylic acids is 2. The highest BCUT2D eigenvalue weighted by atomic mass is 16.1. The van der Waals surface area contributed by atoms with Gasteiger partial charge in [0.2, 0.25) is 5.78 Å². The Morgan fingerprint density at radius 1 is 0.964 bits per heavy atom. The van der Waals surface area contributed by atoms with E-state index in [1.165, 1.54) is 0 Å². The van der Waals surface area contributed by atoms with Gasteiger partial charge >= 0.3 is 0 Å². The summed E-state index contributed by atoms with van der Waals surface area (Å²) in [6.07, 6.45) is 7.88. The number of aliphatic imine (C=N–C) groups is 1. The number of Topliss-reactive ketones (excluding diaryl/α,β-unsaturated/α-hetero) is 1. The molecule has 136 valence electrons. The van der Waals surface area contributed by atoms with Gasteiger partial charge in [0.15, 0.2) is 0 Å². The maximum Gasteiger partial charge on any atom is 0.207 e. The van der Waals surface area contributed by atoms with Crippen molar-refractivity contribution in [3.63, 3.8) is 0 Å². The van der Waals surface area contributed by atoms with Gasteiger partial charge in [-0.3, -0.25) is 9.79 Å². The summed E-state index contributed by atoms with van der Waals surface area (Å²) >= 11 is 0. The third kappa shape index (κ3) is 2.73. The van der Waals surface area contributed by atoms with Crippen LogP contribution in [-0.2, 0) is 9.59 Å². The molecular weight excluding hydrogens is 352 g/mol. The Balaban J connectivity index is 1.74. The van der Waals surface area contributed by atoms with Gasteiger partial charge in [0, 0.05) is 45.5 Å². The predicted molar refractivity (Wildman–Crippen MR) is 108 cm³/mol. The van der Waals surface area contributed by atoms with Crippen LogP contribution in [0.3, 0.4) is 0 Å². The summed E-state index contributed by atoms with van der Waals surface area (Å²) in [7, 11) is 0. The molecule has 6 heteroatoms. The molecule has 5 rings (SSSR count). The monoisotopic (exact) mass is 368 g/mol. The molecule has 8 bridgehead atoms. The molecule has 3 aliphatic heterocycles. The molecule has 2 aromatic rings. The minimum Gasteiger partial charge on any atom is -0.355 e. The van der Waals surface area contributed by atoms with Crippen LogP contribution >= 0.6 is 0 Å². The summed E-state index contributed by atoms with van der Waals surface area (Å²) in [5.74, 6) is 1.99. The zero-order chi connectivity index (χ0) is 19.3. The fourth-order valence-corrected chi connectivity index (χ4v) is 3.52. The standard InChI is InChI=1S/C22H16N4O2/c1-12-19-8-15-4-5-16(24-15)9-20-13(11-27)6-18(25-20)7-14-2-3-17(23-14)10-21(26-19)22(12)28/h2-5,7-10,23-24,26H,6H2,1H3. The number of aromatic amines is 2. The van der Waals surface area contributed by atoms with Crippen molar-refractivity contribution in [1.82, 2.24) is 15.3 Å². The van der Waals surface area contributed by atoms with E-state index in [-0.39, 0.29) is 5.78 Å². The third-order valence-corrected chi connectivity index (χ3v) is 4.99. The summed E-state index contributed by atoms with van der Waals surface area (Å²) in [5.41, 5.74) is 5.55. The summed E-state index contributed by atoms with van der Waals surface area (Å²) in [6, 6.07) is 7.66. The van der Waals surface area contributed by atoms with Crippen LogP contribution < -0.4 is 16.0 Å². The number of hydrogen-bond donors (Lipinski definition) is 3. The Labute approximate surface area is 160 Å². The first-order valence-electron chi connectivity index (χ1n) is 8.94. The van der Waals surface area contributed by atoms with E-state index >= 15 is 0 Å². The van der Waals surface area contributed by atoms with E-state index in [0.29, 0.717) is 29.0 Å². The molecule has 0 saturated heterocycles. The molecule has 0 fully saturated rings. The highest BCUT2D eigenvalue weighted by Crippen LogP contribution is 2.25. The molecule has 28 heavy (non-hydrogen) atoms. The van der Waals surface area contributed by atoms with Crippen molar-refractivity contribution in [3.05, 3.63) is 74.6 Å². The summed E-state index contributed by atoms with van der Waals surface area (Å²) in [5, 5.41) is 4.88. The number of H-pyrrole nitrogens is 2. The second-order valence-corrected chi connectivity index (χ2v) is 6.97. The van der Waals surface area contributed by atoms with Crippen LogP contribution in [0.4, 0.5) is 0 Å². The molecule has 0 spiro atoms. The third-order valence-electron chi connectivity index (χ3n) is 4.99. The van der Waals surface area contributed by atoms with E-state index < -0.39 is 0 Å². The Morgan fingerprint density at radius 3 is 2.50 bits per heavy atom. The maximum absolute atomic E-state index is 12.6. The number of rotatable bonds is 0. The molecule has 0 amide bonds. The molecule has 5 heterocycles. The number of allylic oxidation sites excluding steroid dienone is 3. The SMILES string of the molecule is CC1=C2C=c3ccc([nH]3)=CC3=NC(=Cc4ccc([nH]4)C=C(N2)C1=O)CC3=C=O. The fourth-order valence-electron chi connectivity index (χ4n) is 3.52. The zero-order valence-corrected chi connectivity index (χ0v) is 15.1. The van der Waals surface area contributed by atoms with Crippen LogP contribution in [0.25, 0.3) is 24.3 Å². The molecule has 0 atom stereocenters. The first kappa shape index (κ1) is 16.3. The minimum atomic E-state index is -0.0196. The molecule has 0 aliphatic carbocycles. The van der Waals surface area contributed by atoms with Crippen molar-refractivity contribution in [2.45, 2.75) is 13.3 Å². The Morgan fingerprint density at radius 2 is 1.71 bits per heavy atom. The van der Waals surface area contributed by atoms with Gasteiger partial charge in [-0.05, 0) is 55.5 Å². The first-order valence-corrected chi connectivity index (χ1v) is 8.94. The lowest BCUT2D eigenvalue weighted by atomic mass is 10.1. The summed E-state index contributed by atoms with van der Waals surface area (Å²) < 4.78 is 0. The molecule has 0 radical (unpaired) electrons. The predicted octanol–water partition coefficient (Wildman–Crippen LogP) is 1.35. The quantitative estimate of drug-likeness (QED) is 0.613. The van der Waals surface area contributed by atoms with E-state index in [2.05, 4.69) is 20.3 Å². The molecule has 2 aromatic heterocycles. The van der Waals surface area contributed by atoms with Gasteiger partial charge in [-0.15, -0.1) is 0 Å². The lowest BCUT2D eigenvalue weighted by molar-refractivity contribution is -0.111. The minimum absolute atomic E-state index is 0.0196. The number of nitrogens with one attached hydrogen (secondary N) is 3. The number of nitrogens with zero attached hydrogens (tertiary/aromatic N) is 1. The van der Waals surface area contributed by atoms with E-state index in [0.717, 1.165) is 33.5 Å². The largest absolute Gasteiger partial charge is 0.355 e. The number of ketones is 1. The number of carbonyl (C=O) groups is 1. The van der Waals surface area contributed by atoms with Gasteiger partial charge in [-0.2, -0.15) is 0 Å². The van der Waals surface area contributed by atoms with Crippen LogP contribution in [0.15, 0.2) is 57.5 Å². The molecular formula is C22H16N4O2. The van der Waals surface area contributed by atoms with Crippen molar-refractivity contribution < 1.29 is 9.59 Å². The number of aromatic nitrogens is 2. The van der Waals surface area contributed by atoms with Gasteiger partial charge < -0.3 is 15.3 Å². The lowest BCUT2D eigenvalue weighted by Gasteiger charge is -1.99. The van der Waals surface area contributed by atoms with Gasteiger partial charge in [0.1, 0.15) is 5.94 Å². The first-order chi connectivity index (χ1) is 13.6. The normalized spacial score (nSPS) is 18.0. The van der Waals surface area contributed by atoms with Crippen molar-refractivity contribution in [1.29, 1.82) is 0 Å². The van der Waals surface area contributed by atoms with Gasteiger partial charge in [0.25, 0.3) is 0 Å². The van der Waals surface area contributed by atoms with Crippen LogP contribution in [0.2, 0.25) is 0 Å². The van der Waals surface area contributed by atoms with Gasteiger partial charge in [-0.1, -0.05) is 0 Å². The average molecular weight is 368 g/mol. The molecule has 0 unspecified atom stereocenters. The van der Waals surface area contributed by atoms with Crippen molar-refractivity contribution in [2.75, 3.05) is 0 Å². The molecule has 6 nitrogen and oxygen atoms in total. The lowest BCUT2D eigenvalue weighted by Crippen LogP contribution is -2.14. The van der Waals surface area contributed by atoms with Gasteiger partial charge in [0.05, 0.1) is 17.0 Å². The number of fused-ring (bicyclic) bond motifs is 7. The number of hydrogen-bond acceptors (Lipinski definition) is 4. The van der Waals surface area contributed by atoms with Crippen LogP contribution in [0.1, 0.15) is 24.7 Å². The smallest absolute Gasteiger partial charge is 0.207 e. The summed E-state index contributed by atoms with van der Waals surface area (Å²) in [6.45, 7) is 1.81. The second-order valence-electron chi connectivity index (χ2n) is 6.97. The topological polar surface area (TPSA) is 90.1 Å². The Bertz CT molecular complexity index is 1330. The average Bonchev–Trinajstić information content (AvgIpc) is 3.43. The molecule has 3 aliphatic rings. The highest BCUT2D eigenvalue weighted by molar-refractivity contribution is 6.26. The van der Waals surface area contributed by atoms with Crippen molar-refractivity contribution in [2.24, 2.45) is 4.99 Å². The molecule has 0 aromatic carbocycles. The second kappa shape index (κ2) is 6.08. The van der Waals surface area contributed by atoms with Crippen molar-refractivity contribution >= 4 is 41.7 Å².